The number of esters is 1. The van der Waals surface area contributed by atoms with E-state index in [1.807, 2.05) is 6.92 Å². The number of likely N-dealkylation sites (tertiary alicyclic amines) is 1. The van der Waals surface area contributed by atoms with Crippen molar-refractivity contribution in [2.45, 2.75) is 63.2 Å². The quantitative estimate of drug-likeness (QED) is 0.274. The van der Waals surface area contributed by atoms with Gasteiger partial charge in [0.15, 0.2) is 0 Å². The molecule has 5 atom stereocenters. The molecule has 196 valence electrons. The van der Waals surface area contributed by atoms with Gasteiger partial charge in [-0.25, -0.2) is 0 Å². The number of carbonyl (C=O) groups is 3. The summed E-state index contributed by atoms with van der Waals surface area (Å²) in [7, 11) is 0. The molecular weight excluding hydrogens is 484 g/mol. The van der Waals surface area contributed by atoms with Crippen molar-refractivity contribution in [3.63, 3.8) is 0 Å². The molecule has 0 aliphatic carbocycles. The van der Waals surface area contributed by atoms with E-state index in [1.165, 1.54) is 0 Å². The van der Waals surface area contributed by atoms with Crippen molar-refractivity contribution in [3.8, 4) is 0 Å². The summed E-state index contributed by atoms with van der Waals surface area (Å²) in [6, 6.07) is 6.06. The Labute approximate surface area is 217 Å². The van der Waals surface area contributed by atoms with Crippen LogP contribution in [0.2, 0.25) is 5.02 Å². The lowest BCUT2D eigenvalue weighted by Crippen LogP contribution is -2.56. The van der Waals surface area contributed by atoms with Gasteiger partial charge in [-0.05, 0) is 70.2 Å². The third kappa shape index (κ3) is 4.33. The van der Waals surface area contributed by atoms with E-state index in [9.17, 15) is 19.5 Å². The van der Waals surface area contributed by atoms with Crippen LogP contribution in [0.25, 0.3) is 0 Å². The van der Waals surface area contributed by atoms with Gasteiger partial charge in [0, 0.05) is 30.4 Å². The minimum atomic E-state index is -1.11. The number of aliphatic hydroxyl groups excluding tert-OH is 1. The highest BCUT2D eigenvalue weighted by molar-refractivity contribution is 6.30. The summed E-state index contributed by atoms with van der Waals surface area (Å²) >= 11 is 6.08. The Balaban J connectivity index is 1.75. The molecule has 2 bridgehead atoms. The molecule has 1 N–H and O–H groups in total. The van der Waals surface area contributed by atoms with Crippen LogP contribution in [-0.2, 0) is 23.9 Å². The summed E-state index contributed by atoms with van der Waals surface area (Å²) in [5, 5.41) is 9.74. The molecule has 0 radical (unpaired) electrons. The van der Waals surface area contributed by atoms with Crippen molar-refractivity contribution >= 4 is 35.1 Å². The molecule has 3 fully saturated rings. The van der Waals surface area contributed by atoms with Crippen molar-refractivity contribution < 1.29 is 29.0 Å². The minimum absolute atomic E-state index is 0.0684. The van der Waals surface area contributed by atoms with E-state index >= 15 is 0 Å². The SMILES string of the molecule is C=CCN(C(=O)C1N(CCCCCO)C(=O)[C@@H]2[C@@H](C(=O)OCC)[C@@]3(C)CCC12O3)c1ccc(Cl)cc1. The predicted octanol–water partition coefficient (Wildman–Crippen LogP) is 3.35. The summed E-state index contributed by atoms with van der Waals surface area (Å²) in [5.41, 5.74) is -1.33. The molecule has 3 heterocycles. The lowest BCUT2D eigenvalue weighted by Gasteiger charge is -2.36. The number of hydrogen-bond donors (Lipinski definition) is 1. The third-order valence-electron chi connectivity index (χ3n) is 7.82. The third-order valence-corrected chi connectivity index (χ3v) is 8.08. The fraction of sp³-hybridized carbons (Fsp3) is 0.593. The average molecular weight is 519 g/mol. The van der Waals surface area contributed by atoms with Gasteiger partial charge in [-0.15, -0.1) is 6.58 Å². The molecule has 3 saturated heterocycles. The highest BCUT2D eigenvalue weighted by Gasteiger charge is 2.78. The largest absolute Gasteiger partial charge is 0.466 e. The van der Waals surface area contributed by atoms with E-state index in [4.69, 9.17) is 21.1 Å². The number of halogens is 1. The second kappa shape index (κ2) is 10.5. The number of carbonyl (C=O) groups excluding carboxylic acids is 3. The molecule has 0 aromatic heterocycles. The molecule has 3 aliphatic rings. The molecule has 1 aromatic carbocycles. The highest BCUT2D eigenvalue weighted by atomic mass is 35.5. The number of ether oxygens (including phenoxy) is 2. The van der Waals surface area contributed by atoms with Crippen molar-refractivity contribution in [2.24, 2.45) is 11.8 Å². The maximum atomic E-state index is 14.3. The molecular formula is C27H35ClN2O6. The summed E-state index contributed by atoms with van der Waals surface area (Å²) < 4.78 is 12.0. The number of nitrogens with zero attached hydrogens (tertiary/aromatic N) is 2. The molecule has 8 nitrogen and oxygen atoms in total. The van der Waals surface area contributed by atoms with Gasteiger partial charge in [0.25, 0.3) is 5.91 Å². The Hall–Kier alpha value is -2.42. The van der Waals surface area contributed by atoms with E-state index in [2.05, 4.69) is 6.58 Å². The number of unbranched alkanes of at least 4 members (excludes halogenated alkanes) is 2. The van der Waals surface area contributed by atoms with Crippen LogP contribution in [0.1, 0.15) is 46.0 Å². The monoisotopic (exact) mass is 518 g/mol. The summed E-state index contributed by atoms with van der Waals surface area (Å²) in [6.45, 7) is 8.26. The lowest BCUT2D eigenvalue weighted by molar-refractivity contribution is -0.159. The molecule has 4 rings (SSSR count). The maximum absolute atomic E-state index is 14.3. The van der Waals surface area contributed by atoms with Gasteiger partial charge in [-0.1, -0.05) is 17.7 Å². The van der Waals surface area contributed by atoms with E-state index in [-0.39, 0.29) is 31.6 Å². The molecule has 2 unspecified atom stereocenters. The molecule has 1 aromatic rings. The number of rotatable bonds is 11. The first-order valence-corrected chi connectivity index (χ1v) is 13.1. The Morgan fingerprint density at radius 3 is 2.64 bits per heavy atom. The standard InChI is InChI=1S/C27H35ClN2O6/c1-4-15-29(19-11-9-18(28)10-12-19)24(33)22-27-14-13-26(3,36-27)21(25(34)35-5-2)20(27)23(32)30(22)16-7-6-8-17-31/h4,9-12,20-22,31H,1,5-8,13-17H2,2-3H3/t20-,21-,22?,26+,27?/m0/s1. The zero-order valence-electron chi connectivity index (χ0n) is 21.0. The molecule has 36 heavy (non-hydrogen) atoms. The summed E-state index contributed by atoms with van der Waals surface area (Å²) in [5.74, 6) is -2.51. The maximum Gasteiger partial charge on any atom is 0.312 e. The van der Waals surface area contributed by atoms with Gasteiger partial charge in [-0.2, -0.15) is 0 Å². The van der Waals surface area contributed by atoms with E-state index in [1.54, 1.807) is 47.1 Å². The average Bonchev–Trinajstić information content (AvgIpc) is 3.41. The van der Waals surface area contributed by atoms with Crippen LogP contribution >= 0.6 is 11.6 Å². The highest BCUT2D eigenvalue weighted by Crippen LogP contribution is 2.63. The predicted molar refractivity (Wildman–Crippen MR) is 136 cm³/mol. The zero-order valence-corrected chi connectivity index (χ0v) is 21.7. The van der Waals surface area contributed by atoms with E-state index in [0.29, 0.717) is 49.4 Å². The van der Waals surface area contributed by atoms with Crippen LogP contribution in [0, 0.1) is 11.8 Å². The second-order valence-corrected chi connectivity index (χ2v) is 10.4. The topological polar surface area (TPSA) is 96.4 Å². The summed E-state index contributed by atoms with van der Waals surface area (Å²) in [6.07, 6.45) is 4.66. The normalized spacial score (nSPS) is 30.4. The van der Waals surface area contributed by atoms with E-state index < -0.39 is 35.0 Å². The number of aliphatic hydroxyl groups is 1. The molecule has 1 spiro atoms. The number of hydrogen-bond acceptors (Lipinski definition) is 6. The number of amides is 2. The first-order chi connectivity index (χ1) is 17.2. The smallest absolute Gasteiger partial charge is 0.312 e. The van der Waals surface area contributed by atoms with Crippen molar-refractivity contribution in [3.05, 3.63) is 41.9 Å². The van der Waals surface area contributed by atoms with Crippen LogP contribution in [-0.4, -0.2) is 71.3 Å². The van der Waals surface area contributed by atoms with Gasteiger partial charge >= 0.3 is 5.97 Å². The van der Waals surface area contributed by atoms with Gasteiger partial charge in [0.1, 0.15) is 17.6 Å². The van der Waals surface area contributed by atoms with Crippen LogP contribution in [0.15, 0.2) is 36.9 Å². The van der Waals surface area contributed by atoms with Crippen LogP contribution in [0.4, 0.5) is 5.69 Å². The van der Waals surface area contributed by atoms with E-state index in [0.717, 1.165) is 0 Å². The van der Waals surface area contributed by atoms with Crippen molar-refractivity contribution in [2.75, 3.05) is 31.2 Å². The van der Waals surface area contributed by atoms with Gasteiger partial charge in [0.05, 0.1) is 18.1 Å². The van der Waals surface area contributed by atoms with Crippen molar-refractivity contribution in [1.29, 1.82) is 0 Å². The fourth-order valence-electron chi connectivity index (χ4n) is 6.33. The first-order valence-electron chi connectivity index (χ1n) is 12.7. The van der Waals surface area contributed by atoms with Gasteiger partial charge in [0.2, 0.25) is 5.91 Å². The van der Waals surface area contributed by atoms with Gasteiger partial charge < -0.3 is 24.4 Å². The number of anilines is 1. The fourth-order valence-corrected chi connectivity index (χ4v) is 6.45. The first kappa shape index (κ1) is 26.6. The van der Waals surface area contributed by atoms with Gasteiger partial charge in [-0.3, -0.25) is 14.4 Å². The zero-order chi connectivity index (χ0) is 26.1. The molecule has 3 aliphatic heterocycles. The molecule has 0 saturated carbocycles. The Bertz CT molecular complexity index is 1020. The lowest BCUT2D eigenvalue weighted by atomic mass is 9.66. The minimum Gasteiger partial charge on any atom is -0.466 e. The van der Waals surface area contributed by atoms with Crippen LogP contribution in [0.3, 0.4) is 0 Å². The number of fused-ring (bicyclic) bond motifs is 1. The van der Waals surface area contributed by atoms with Crippen molar-refractivity contribution in [1.82, 2.24) is 4.90 Å². The number of benzene rings is 1. The van der Waals surface area contributed by atoms with Crippen LogP contribution in [0.5, 0.6) is 0 Å². The van der Waals surface area contributed by atoms with Crippen LogP contribution < -0.4 is 4.90 Å². The Morgan fingerprint density at radius 1 is 1.28 bits per heavy atom. The molecule has 2 amide bonds. The summed E-state index contributed by atoms with van der Waals surface area (Å²) in [4.78, 5) is 44.5. The second-order valence-electron chi connectivity index (χ2n) is 10.0. The Kier molecular flexibility index (Phi) is 7.78. The molecule has 9 heteroatoms. The Morgan fingerprint density at radius 2 is 2.00 bits per heavy atom.